The van der Waals surface area contributed by atoms with Crippen molar-refractivity contribution in [1.29, 1.82) is 0 Å². The molecule has 1 unspecified atom stereocenters. The van der Waals surface area contributed by atoms with Crippen molar-refractivity contribution >= 4 is 23.7 Å². The molecule has 0 aromatic carbocycles. The van der Waals surface area contributed by atoms with Crippen molar-refractivity contribution in [2.45, 2.75) is 97.8 Å². The summed E-state index contributed by atoms with van der Waals surface area (Å²) in [5.41, 5.74) is -0.0255. The first-order valence-electron chi connectivity index (χ1n) is 13.5. The summed E-state index contributed by atoms with van der Waals surface area (Å²) in [5, 5.41) is 3.06. The number of nitrogens with zero attached hydrogens (tertiary/aromatic N) is 3. The average Bonchev–Trinajstić information content (AvgIpc) is 3.33. The van der Waals surface area contributed by atoms with Crippen molar-refractivity contribution in [2.75, 3.05) is 34.3 Å². The molecule has 2 fully saturated rings. The molecule has 0 aromatic rings. The largest absolute Gasteiger partial charge is 0.467 e. The molecule has 0 spiro atoms. The molecule has 2 aliphatic rings. The third-order valence-electron chi connectivity index (χ3n) is 7.70. The molecular formula is C28H48N4O5. The lowest BCUT2D eigenvalue weighted by molar-refractivity contribution is -0.149. The van der Waals surface area contributed by atoms with Gasteiger partial charge in [0.15, 0.2) is 0 Å². The minimum Gasteiger partial charge on any atom is -0.467 e. The van der Waals surface area contributed by atoms with E-state index >= 15 is 0 Å². The Bertz CT molecular complexity index is 878. The number of amides is 3. The average molecular weight is 521 g/mol. The molecule has 210 valence electrons. The first-order valence-corrected chi connectivity index (χ1v) is 13.5. The van der Waals surface area contributed by atoms with Crippen LogP contribution in [0.25, 0.3) is 0 Å². The van der Waals surface area contributed by atoms with Crippen LogP contribution in [0.15, 0.2) is 11.6 Å². The van der Waals surface area contributed by atoms with Crippen molar-refractivity contribution in [2.24, 2.45) is 11.3 Å². The molecule has 9 heteroatoms. The van der Waals surface area contributed by atoms with Crippen molar-refractivity contribution in [1.82, 2.24) is 20.0 Å². The molecule has 0 aliphatic carbocycles. The molecule has 0 saturated carbocycles. The van der Waals surface area contributed by atoms with Crippen LogP contribution >= 0.6 is 0 Å². The number of likely N-dealkylation sites (N-methyl/N-ethyl adjacent to an activating group) is 2. The van der Waals surface area contributed by atoms with Crippen LogP contribution in [-0.4, -0.2) is 96.9 Å². The summed E-state index contributed by atoms with van der Waals surface area (Å²) in [6, 6.07) is -1.89. The van der Waals surface area contributed by atoms with Crippen LogP contribution in [-0.2, 0) is 23.9 Å². The number of carbonyl (C=O) groups is 4. The number of likely N-dealkylation sites (tertiary alicyclic amines) is 2. The molecule has 3 amide bonds. The quantitative estimate of drug-likeness (QED) is 0.390. The molecule has 2 heterocycles. The number of nitrogens with one attached hydrogen (secondary N) is 1. The maximum atomic E-state index is 13.8. The summed E-state index contributed by atoms with van der Waals surface area (Å²) < 4.78 is 4.88. The second kappa shape index (κ2) is 12.9. The number of methoxy groups -OCH3 is 1. The van der Waals surface area contributed by atoms with Crippen molar-refractivity contribution in [3.8, 4) is 0 Å². The van der Waals surface area contributed by atoms with Gasteiger partial charge in [-0.05, 0) is 57.5 Å². The van der Waals surface area contributed by atoms with Gasteiger partial charge in [-0.15, -0.1) is 0 Å². The molecular weight excluding hydrogens is 472 g/mol. The van der Waals surface area contributed by atoms with E-state index in [9.17, 15) is 19.2 Å². The minimum atomic E-state index is -0.715. The fourth-order valence-corrected chi connectivity index (χ4v) is 5.34. The van der Waals surface area contributed by atoms with E-state index in [1.165, 1.54) is 7.11 Å². The third-order valence-corrected chi connectivity index (χ3v) is 7.70. The molecule has 4 atom stereocenters. The smallest absolute Gasteiger partial charge is 0.328 e. The van der Waals surface area contributed by atoms with Gasteiger partial charge in [0.25, 0.3) is 0 Å². The summed E-state index contributed by atoms with van der Waals surface area (Å²) in [4.78, 5) is 57.7. The Morgan fingerprint density at radius 1 is 1.03 bits per heavy atom. The Morgan fingerprint density at radius 3 is 2.19 bits per heavy atom. The first kappa shape index (κ1) is 30.8. The van der Waals surface area contributed by atoms with Gasteiger partial charge in [0.1, 0.15) is 12.1 Å². The monoisotopic (exact) mass is 520 g/mol. The Kier molecular flexibility index (Phi) is 10.7. The van der Waals surface area contributed by atoms with Crippen molar-refractivity contribution < 1.29 is 23.9 Å². The molecule has 0 aromatic heterocycles. The Morgan fingerprint density at radius 2 is 1.65 bits per heavy atom. The van der Waals surface area contributed by atoms with E-state index in [2.05, 4.69) is 10.2 Å². The number of ether oxygens (including phenoxy) is 1. The minimum absolute atomic E-state index is 0.0208. The Labute approximate surface area is 222 Å². The fourth-order valence-electron chi connectivity index (χ4n) is 5.34. The van der Waals surface area contributed by atoms with E-state index in [0.29, 0.717) is 18.5 Å². The number of esters is 1. The van der Waals surface area contributed by atoms with Crippen molar-refractivity contribution in [3.05, 3.63) is 11.6 Å². The predicted molar refractivity (Wildman–Crippen MR) is 144 cm³/mol. The molecule has 2 rings (SSSR count). The molecule has 1 N–H and O–H groups in total. The Hall–Kier alpha value is -2.42. The van der Waals surface area contributed by atoms with Gasteiger partial charge in [-0.2, -0.15) is 0 Å². The van der Waals surface area contributed by atoms with E-state index < -0.39 is 23.5 Å². The highest BCUT2D eigenvalue weighted by molar-refractivity contribution is 5.96. The highest BCUT2D eigenvalue weighted by atomic mass is 16.5. The summed E-state index contributed by atoms with van der Waals surface area (Å²) in [6.07, 6.45) is 5.99. The van der Waals surface area contributed by atoms with Crippen LogP contribution in [0.5, 0.6) is 0 Å². The zero-order chi connectivity index (χ0) is 28.1. The Balaban J connectivity index is 2.25. The van der Waals surface area contributed by atoms with Gasteiger partial charge in [-0.3, -0.25) is 19.3 Å². The zero-order valence-corrected chi connectivity index (χ0v) is 24.3. The molecule has 37 heavy (non-hydrogen) atoms. The van der Waals surface area contributed by atoms with Gasteiger partial charge in [0.05, 0.1) is 19.2 Å². The highest BCUT2D eigenvalue weighted by Crippen LogP contribution is 2.26. The fraction of sp³-hybridized carbons (Fsp3) is 0.786. The predicted octanol–water partition coefficient (Wildman–Crippen LogP) is 2.59. The van der Waals surface area contributed by atoms with Gasteiger partial charge in [-0.1, -0.05) is 47.1 Å². The number of carbonyl (C=O) groups excluding carboxylic acids is 4. The van der Waals surface area contributed by atoms with Crippen LogP contribution in [0, 0.1) is 11.3 Å². The van der Waals surface area contributed by atoms with Gasteiger partial charge in [-0.25, -0.2) is 4.79 Å². The highest BCUT2D eigenvalue weighted by Gasteiger charge is 2.40. The second-order valence-electron chi connectivity index (χ2n) is 12.0. The summed E-state index contributed by atoms with van der Waals surface area (Å²) >= 11 is 0. The van der Waals surface area contributed by atoms with E-state index in [1.54, 1.807) is 23.8 Å². The van der Waals surface area contributed by atoms with Crippen LogP contribution in [0.4, 0.5) is 0 Å². The SMILES string of the molecule is COC(=O)[C@@H]1CCCN1C(=O)/C(C)=C/C(C(C)C)N(C)C(=O)[C@@H](NC(=O)[C@H]1CCCCN1C)C(C)(C)C. The standard InChI is InChI=1S/C28H48N4O5/c1-18(2)22(17-19(3)25(34)32-16-12-14-21(32)27(36)37-9)31(8)26(35)23(28(4,5)6)29-24(33)20-13-10-11-15-30(20)7/h17-18,20-23H,10-16H2,1-9H3,(H,29,33)/b19-17+/t20-,21+,22?,23-/m1/s1. The maximum absolute atomic E-state index is 13.8. The summed E-state index contributed by atoms with van der Waals surface area (Å²) in [7, 11) is 5.01. The number of hydrogen-bond donors (Lipinski definition) is 1. The van der Waals surface area contributed by atoms with Crippen LogP contribution in [0.3, 0.4) is 0 Å². The first-order chi connectivity index (χ1) is 17.2. The van der Waals surface area contributed by atoms with E-state index in [-0.39, 0.29) is 35.7 Å². The zero-order valence-electron chi connectivity index (χ0n) is 24.3. The third kappa shape index (κ3) is 7.55. The molecule has 0 radical (unpaired) electrons. The number of hydrogen-bond acceptors (Lipinski definition) is 6. The van der Waals surface area contributed by atoms with Crippen LogP contribution < -0.4 is 5.32 Å². The summed E-state index contributed by atoms with van der Waals surface area (Å²) in [6.45, 7) is 12.9. The maximum Gasteiger partial charge on any atom is 0.328 e. The topological polar surface area (TPSA) is 99.3 Å². The summed E-state index contributed by atoms with van der Waals surface area (Å²) in [5.74, 6) is -0.913. The molecule has 2 aliphatic heterocycles. The van der Waals surface area contributed by atoms with E-state index in [0.717, 1.165) is 32.2 Å². The molecule has 9 nitrogen and oxygen atoms in total. The van der Waals surface area contributed by atoms with Gasteiger partial charge < -0.3 is 19.9 Å². The lowest BCUT2D eigenvalue weighted by Gasteiger charge is -2.39. The lowest BCUT2D eigenvalue weighted by Crippen LogP contribution is -2.59. The lowest BCUT2D eigenvalue weighted by atomic mass is 9.84. The molecule has 0 bridgehead atoms. The number of rotatable bonds is 8. The number of piperidine rings is 1. The van der Waals surface area contributed by atoms with Gasteiger partial charge >= 0.3 is 5.97 Å². The van der Waals surface area contributed by atoms with Gasteiger partial charge in [0, 0.05) is 19.2 Å². The van der Waals surface area contributed by atoms with Crippen molar-refractivity contribution in [3.63, 3.8) is 0 Å². The van der Waals surface area contributed by atoms with Gasteiger partial charge in [0.2, 0.25) is 17.7 Å². The normalized spacial score (nSPS) is 23.0. The van der Waals surface area contributed by atoms with E-state index in [4.69, 9.17) is 4.74 Å². The second-order valence-corrected chi connectivity index (χ2v) is 12.0. The molecule has 2 saturated heterocycles. The van der Waals surface area contributed by atoms with Crippen LogP contribution in [0.1, 0.15) is 73.6 Å². The van der Waals surface area contributed by atoms with E-state index in [1.807, 2.05) is 47.7 Å². The van der Waals surface area contributed by atoms with Crippen LogP contribution in [0.2, 0.25) is 0 Å².